The van der Waals surface area contributed by atoms with Crippen molar-refractivity contribution in [1.82, 2.24) is 0 Å². The number of amides is 1. The van der Waals surface area contributed by atoms with Crippen LogP contribution in [0.25, 0.3) is 0 Å². The van der Waals surface area contributed by atoms with Crippen molar-refractivity contribution >= 4 is 17.3 Å². The molecule has 1 rings (SSSR count). The van der Waals surface area contributed by atoms with E-state index in [4.69, 9.17) is 0 Å². The monoisotopic (exact) mass is 238 g/mol. The fraction of sp³-hybridized carbons (Fsp3) is 0.364. The Morgan fingerprint density at radius 1 is 1.53 bits per heavy atom. The van der Waals surface area contributed by atoms with Crippen LogP contribution >= 0.6 is 0 Å². The topological polar surface area (TPSA) is 92.5 Å². The van der Waals surface area contributed by atoms with E-state index in [9.17, 15) is 20.0 Å². The minimum atomic E-state index is -0.582. The van der Waals surface area contributed by atoms with Crippen LogP contribution in [-0.4, -0.2) is 15.9 Å². The number of carbonyl (C=O) groups excluding carboxylic acids is 1. The lowest BCUT2D eigenvalue weighted by molar-refractivity contribution is -0.384. The standard InChI is InChI=1S/C11H14N2O4/c1-2-3-4-11(15)12-9-7-8(13(16)17)5-6-10(9)14/h5-7,14H,2-4H2,1H3,(H,12,15). The average molecular weight is 238 g/mol. The number of unbranched alkanes of at least 4 members (excludes halogenated alkanes) is 1. The molecule has 0 aliphatic rings. The molecule has 6 nitrogen and oxygen atoms in total. The van der Waals surface area contributed by atoms with Crippen molar-refractivity contribution in [3.63, 3.8) is 0 Å². The quantitative estimate of drug-likeness (QED) is 0.468. The highest BCUT2D eigenvalue weighted by Crippen LogP contribution is 2.27. The summed E-state index contributed by atoms with van der Waals surface area (Å²) in [4.78, 5) is 21.4. The van der Waals surface area contributed by atoms with Gasteiger partial charge in [-0.05, 0) is 12.5 Å². The maximum absolute atomic E-state index is 11.4. The van der Waals surface area contributed by atoms with Crippen molar-refractivity contribution < 1.29 is 14.8 Å². The molecule has 0 aliphatic carbocycles. The summed E-state index contributed by atoms with van der Waals surface area (Å²) in [7, 11) is 0. The second-order valence-corrected chi connectivity index (χ2v) is 3.61. The molecule has 0 unspecified atom stereocenters. The summed E-state index contributed by atoms with van der Waals surface area (Å²) in [5.41, 5.74) is -0.103. The fourth-order valence-corrected chi connectivity index (χ4v) is 1.29. The molecular formula is C11H14N2O4. The van der Waals surface area contributed by atoms with E-state index in [0.717, 1.165) is 18.9 Å². The zero-order valence-corrected chi connectivity index (χ0v) is 9.47. The molecule has 0 aliphatic heterocycles. The average Bonchev–Trinajstić information content (AvgIpc) is 2.29. The van der Waals surface area contributed by atoms with Gasteiger partial charge in [0.25, 0.3) is 5.69 Å². The molecule has 0 spiro atoms. The first-order valence-electron chi connectivity index (χ1n) is 5.32. The fourth-order valence-electron chi connectivity index (χ4n) is 1.29. The van der Waals surface area contributed by atoms with Gasteiger partial charge in [0.1, 0.15) is 5.75 Å². The number of carbonyl (C=O) groups is 1. The van der Waals surface area contributed by atoms with Gasteiger partial charge in [0, 0.05) is 18.6 Å². The summed E-state index contributed by atoms with van der Waals surface area (Å²) >= 11 is 0. The Morgan fingerprint density at radius 2 is 2.24 bits per heavy atom. The van der Waals surface area contributed by atoms with E-state index in [-0.39, 0.29) is 23.0 Å². The summed E-state index contributed by atoms with van der Waals surface area (Å²) in [5, 5.41) is 22.4. The molecule has 0 radical (unpaired) electrons. The van der Waals surface area contributed by atoms with Crippen molar-refractivity contribution in [1.29, 1.82) is 0 Å². The molecule has 1 aromatic carbocycles. The molecule has 2 N–H and O–H groups in total. The molecule has 1 aromatic rings. The Kier molecular flexibility index (Phi) is 4.45. The van der Waals surface area contributed by atoms with Gasteiger partial charge in [-0.2, -0.15) is 0 Å². The molecule has 1 amide bonds. The van der Waals surface area contributed by atoms with Gasteiger partial charge in [-0.15, -0.1) is 0 Å². The van der Waals surface area contributed by atoms with E-state index in [1.54, 1.807) is 0 Å². The van der Waals surface area contributed by atoms with Crippen LogP contribution in [0.3, 0.4) is 0 Å². The van der Waals surface area contributed by atoms with E-state index in [1.165, 1.54) is 12.1 Å². The van der Waals surface area contributed by atoms with E-state index < -0.39 is 4.92 Å². The molecule has 92 valence electrons. The number of nitro groups is 1. The Labute approximate surface area is 98.4 Å². The van der Waals surface area contributed by atoms with Crippen LogP contribution < -0.4 is 5.32 Å². The zero-order chi connectivity index (χ0) is 12.8. The number of nitro benzene ring substituents is 1. The third-order valence-electron chi connectivity index (χ3n) is 2.22. The number of anilines is 1. The SMILES string of the molecule is CCCCC(=O)Nc1cc([N+](=O)[O-])ccc1O. The maximum atomic E-state index is 11.4. The van der Waals surface area contributed by atoms with Crippen LogP contribution in [0.5, 0.6) is 5.75 Å². The first kappa shape index (κ1) is 13.0. The van der Waals surface area contributed by atoms with Crippen LogP contribution in [0.1, 0.15) is 26.2 Å². The number of phenols is 1. The van der Waals surface area contributed by atoms with Gasteiger partial charge in [0.05, 0.1) is 10.6 Å². The van der Waals surface area contributed by atoms with Crippen molar-refractivity contribution in [2.45, 2.75) is 26.2 Å². The lowest BCUT2D eigenvalue weighted by atomic mass is 10.2. The van der Waals surface area contributed by atoms with Gasteiger partial charge < -0.3 is 10.4 Å². The van der Waals surface area contributed by atoms with Crippen molar-refractivity contribution in [2.75, 3.05) is 5.32 Å². The van der Waals surface area contributed by atoms with Crippen molar-refractivity contribution in [3.8, 4) is 5.75 Å². The zero-order valence-electron chi connectivity index (χ0n) is 9.47. The van der Waals surface area contributed by atoms with Gasteiger partial charge >= 0.3 is 0 Å². The van der Waals surface area contributed by atoms with Crippen molar-refractivity contribution in [2.24, 2.45) is 0 Å². The Bertz CT molecular complexity index is 431. The Morgan fingerprint density at radius 3 is 2.82 bits per heavy atom. The van der Waals surface area contributed by atoms with Crippen LogP contribution in [-0.2, 0) is 4.79 Å². The summed E-state index contributed by atoms with van der Waals surface area (Å²) in [6, 6.07) is 3.50. The van der Waals surface area contributed by atoms with Gasteiger partial charge in [-0.1, -0.05) is 13.3 Å². The summed E-state index contributed by atoms with van der Waals surface area (Å²) < 4.78 is 0. The second-order valence-electron chi connectivity index (χ2n) is 3.61. The number of nitrogens with zero attached hydrogens (tertiary/aromatic N) is 1. The molecule has 0 aromatic heterocycles. The first-order valence-corrected chi connectivity index (χ1v) is 5.32. The highest BCUT2D eigenvalue weighted by Gasteiger charge is 2.12. The first-order chi connectivity index (χ1) is 8.04. The van der Waals surface area contributed by atoms with Crippen molar-refractivity contribution in [3.05, 3.63) is 28.3 Å². The molecule has 0 bridgehead atoms. The highest BCUT2D eigenvalue weighted by molar-refractivity contribution is 5.92. The van der Waals surface area contributed by atoms with E-state index >= 15 is 0 Å². The van der Waals surface area contributed by atoms with Crippen LogP contribution in [0.2, 0.25) is 0 Å². The van der Waals surface area contributed by atoms with Gasteiger partial charge in [0.15, 0.2) is 0 Å². The molecule has 6 heteroatoms. The van der Waals surface area contributed by atoms with Gasteiger partial charge in [0.2, 0.25) is 5.91 Å². The van der Waals surface area contributed by atoms with Crippen LogP contribution in [0.15, 0.2) is 18.2 Å². The predicted octanol–water partition coefficient (Wildman–Crippen LogP) is 2.43. The number of aromatic hydroxyl groups is 1. The number of hydrogen-bond acceptors (Lipinski definition) is 4. The normalized spacial score (nSPS) is 9.94. The predicted molar refractivity (Wildman–Crippen MR) is 62.9 cm³/mol. The highest BCUT2D eigenvalue weighted by atomic mass is 16.6. The third kappa shape index (κ3) is 3.75. The van der Waals surface area contributed by atoms with Gasteiger partial charge in [-0.25, -0.2) is 0 Å². The second kappa shape index (κ2) is 5.83. The molecule has 0 atom stereocenters. The molecule has 17 heavy (non-hydrogen) atoms. The smallest absolute Gasteiger partial charge is 0.271 e. The number of non-ortho nitro benzene ring substituents is 1. The number of hydrogen-bond donors (Lipinski definition) is 2. The number of benzene rings is 1. The van der Waals surface area contributed by atoms with E-state index in [1.807, 2.05) is 6.92 Å². The maximum Gasteiger partial charge on any atom is 0.271 e. The van der Waals surface area contributed by atoms with E-state index in [2.05, 4.69) is 5.32 Å². The largest absolute Gasteiger partial charge is 0.506 e. The number of nitrogens with one attached hydrogen (secondary N) is 1. The molecule has 0 saturated carbocycles. The summed E-state index contributed by atoms with van der Waals surface area (Å²) in [5.74, 6) is -0.442. The Balaban J connectivity index is 2.79. The minimum Gasteiger partial charge on any atom is -0.506 e. The van der Waals surface area contributed by atoms with Gasteiger partial charge in [-0.3, -0.25) is 14.9 Å². The number of phenolic OH excluding ortho intramolecular Hbond substituents is 1. The molecule has 0 saturated heterocycles. The Hall–Kier alpha value is -2.11. The molecular weight excluding hydrogens is 224 g/mol. The molecule has 0 heterocycles. The van der Waals surface area contributed by atoms with Crippen LogP contribution in [0, 0.1) is 10.1 Å². The lowest BCUT2D eigenvalue weighted by Gasteiger charge is -2.06. The molecule has 0 fully saturated rings. The third-order valence-corrected chi connectivity index (χ3v) is 2.22. The minimum absolute atomic E-state index is 0.0697. The lowest BCUT2D eigenvalue weighted by Crippen LogP contribution is -2.11. The number of rotatable bonds is 5. The van der Waals surface area contributed by atoms with Crippen LogP contribution in [0.4, 0.5) is 11.4 Å². The van der Waals surface area contributed by atoms with E-state index in [0.29, 0.717) is 6.42 Å². The summed E-state index contributed by atoms with van der Waals surface area (Å²) in [6.07, 6.45) is 1.95. The summed E-state index contributed by atoms with van der Waals surface area (Å²) in [6.45, 7) is 1.96.